The van der Waals surface area contributed by atoms with Crippen molar-refractivity contribution >= 4 is 11.8 Å². The fourth-order valence-electron chi connectivity index (χ4n) is 3.90. The van der Waals surface area contributed by atoms with Crippen molar-refractivity contribution in [2.75, 3.05) is 13.2 Å². The molecule has 3 aliphatic heterocycles. The van der Waals surface area contributed by atoms with E-state index < -0.39 is 0 Å². The highest BCUT2D eigenvalue weighted by Gasteiger charge is 2.48. The molecular formula is C16H22N4O4. The summed E-state index contributed by atoms with van der Waals surface area (Å²) in [4.78, 5) is 23.8. The maximum Gasteiger partial charge on any atom is 0.223 e. The summed E-state index contributed by atoms with van der Waals surface area (Å²) < 4.78 is 13.5. The first kappa shape index (κ1) is 15.6. The minimum absolute atomic E-state index is 0.0409. The normalized spacial score (nSPS) is 34.5. The molecule has 1 unspecified atom stereocenters. The number of aryl methyl sites for hydroxylation is 1. The van der Waals surface area contributed by atoms with Crippen molar-refractivity contribution in [2.45, 2.75) is 50.6 Å². The monoisotopic (exact) mass is 334 g/mol. The maximum atomic E-state index is 12.6. The molecule has 8 heteroatoms. The van der Waals surface area contributed by atoms with Crippen LogP contribution in [0.4, 0.5) is 0 Å². The predicted molar refractivity (Wildman–Crippen MR) is 83.1 cm³/mol. The van der Waals surface area contributed by atoms with Gasteiger partial charge in [0, 0.05) is 37.7 Å². The van der Waals surface area contributed by atoms with Gasteiger partial charge in [-0.25, -0.2) is 0 Å². The number of fused-ring (bicyclic) bond motifs is 2. The minimum Gasteiger partial charge on any atom is -0.371 e. The number of nitrogens with one attached hydrogen (secondary N) is 2. The molecule has 0 radical (unpaired) electrons. The Bertz CT molecular complexity index is 646. The lowest BCUT2D eigenvalue weighted by Gasteiger charge is -2.25. The van der Waals surface area contributed by atoms with Crippen molar-refractivity contribution in [2.24, 2.45) is 5.92 Å². The van der Waals surface area contributed by atoms with Gasteiger partial charge in [0.2, 0.25) is 11.8 Å². The molecule has 0 saturated carbocycles. The molecule has 1 aromatic rings. The van der Waals surface area contributed by atoms with Gasteiger partial charge in [-0.05, 0) is 12.5 Å². The van der Waals surface area contributed by atoms with Crippen LogP contribution in [0, 0.1) is 5.92 Å². The summed E-state index contributed by atoms with van der Waals surface area (Å²) >= 11 is 0. The molecular weight excluding hydrogens is 312 g/mol. The highest BCUT2D eigenvalue weighted by atomic mass is 16.6. The van der Waals surface area contributed by atoms with E-state index >= 15 is 0 Å². The summed E-state index contributed by atoms with van der Waals surface area (Å²) in [6.45, 7) is 3.09. The Balaban J connectivity index is 1.35. The van der Waals surface area contributed by atoms with Crippen LogP contribution >= 0.6 is 0 Å². The first-order chi connectivity index (χ1) is 11.6. The molecule has 4 rings (SSSR count). The Labute approximate surface area is 139 Å². The summed E-state index contributed by atoms with van der Waals surface area (Å²) in [6.07, 6.45) is 2.90. The molecule has 2 fully saturated rings. The Morgan fingerprint density at radius 1 is 1.21 bits per heavy atom. The number of hydrogen-bond acceptors (Lipinski definition) is 5. The molecule has 24 heavy (non-hydrogen) atoms. The molecule has 0 aromatic carbocycles. The Kier molecular flexibility index (Phi) is 4.01. The van der Waals surface area contributed by atoms with Gasteiger partial charge in [0.05, 0.1) is 25.3 Å². The van der Waals surface area contributed by atoms with Gasteiger partial charge in [-0.1, -0.05) is 0 Å². The lowest BCUT2D eigenvalue weighted by atomic mass is 9.94. The zero-order valence-electron chi connectivity index (χ0n) is 13.6. The lowest BCUT2D eigenvalue weighted by Crippen LogP contribution is -2.48. The van der Waals surface area contributed by atoms with E-state index in [1.165, 1.54) is 6.92 Å². The van der Waals surface area contributed by atoms with Gasteiger partial charge in [0.25, 0.3) is 0 Å². The SMILES string of the molecule is CC(=O)N[C@H]1CO[C@H]2[C@@H]1OC[C@@H]2NC(=O)C1CCn2nccc2C1. The van der Waals surface area contributed by atoms with E-state index in [0.717, 1.165) is 18.7 Å². The van der Waals surface area contributed by atoms with E-state index in [0.29, 0.717) is 19.6 Å². The van der Waals surface area contributed by atoms with Gasteiger partial charge < -0.3 is 20.1 Å². The van der Waals surface area contributed by atoms with Crippen LogP contribution in [0.3, 0.4) is 0 Å². The molecule has 130 valence electrons. The Morgan fingerprint density at radius 2 is 1.92 bits per heavy atom. The lowest BCUT2D eigenvalue weighted by molar-refractivity contribution is -0.127. The number of ether oxygens (including phenoxy) is 2. The van der Waals surface area contributed by atoms with Crippen molar-refractivity contribution in [1.82, 2.24) is 20.4 Å². The average Bonchev–Trinajstić information content (AvgIpc) is 3.25. The second-order valence-electron chi connectivity index (χ2n) is 6.75. The van der Waals surface area contributed by atoms with Crippen LogP contribution in [0.5, 0.6) is 0 Å². The van der Waals surface area contributed by atoms with Crippen molar-refractivity contribution in [3.8, 4) is 0 Å². The molecule has 0 spiro atoms. The van der Waals surface area contributed by atoms with E-state index in [1.54, 1.807) is 6.20 Å². The third kappa shape index (κ3) is 2.80. The standard InChI is InChI=1S/C16H22N4O4/c1-9(21)18-12-7-23-15-13(8-24-14(12)15)19-16(22)10-3-5-20-11(6-10)2-4-17-20/h2,4,10,12-15H,3,5-8H2,1H3,(H,18,21)(H,19,22)/t10?,12-,13-,14+,15+/m0/s1. The van der Waals surface area contributed by atoms with E-state index in [4.69, 9.17) is 9.47 Å². The smallest absolute Gasteiger partial charge is 0.223 e. The molecule has 2 amide bonds. The van der Waals surface area contributed by atoms with Crippen molar-refractivity contribution in [3.63, 3.8) is 0 Å². The Morgan fingerprint density at radius 3 is 2.62 bits per heavy atom. The predicted octanol–water partition coefficient (Wildman–Crippen LogP) is -0.767. The largest absolute Gasteiger partial charge is 0.371 e. The number of aromatic nitrogens is 2. The van der Waals surface area contributed by atoms with E-state index in [2.05, 4.69) is 15.7 Å². The zero-order valence-corrected chi connectivity index (χ0v) is 13.6. The number of nitrogens with zero attached hydrogens (tertiary/aromatic N) is 2. The summed E-state index contributed by atoms with van der Waals surface area (Å²) in [7, 11) is 0. The van der Waals surface area contributed by atoms with Crippen molar-refractivity contribution < 1.29 is 19.1 Å². The third-order valence-electron chi connectivity index (χ3n) is 5.09. The van der Waals surface area contributed by atoms with Gasteiger partial charge >= 0.3 is 0 Å². The third-order valence-corrected chi connectivity index (χ3v) is 5.09. The number of carbonyl (C=O) groups excluding carboxylic acids is 2. The number of carbonyl (C=O) groups is 2. The van der Waals surface area contributed by atoms with E-state index in [1.807, 2.05) is 10.7 Å². The highest BCUT2D eigenvalue weighted by molar-refractivity contribution is 5.79. The number of amides is 2. The van der Waals surface area contributed by atoms with Gasteiger partial charge in [-0.3, -0.25) is 14.3 Å². The topological polar surface area (TPSA) is 94.5 Å². The van der Waals surface area contributed by atoms with Crippen LogP contribution < -0.4 is 10.6 Å². The van der Waals surface area contributed by atoms with Gasteiger partial charge in [-0.2, -0.15) is 5.10 Å². The average molecular weight is 334 g/mol. The number of hydrogen-bond donors (Lipinski definition) is 2. The summed E-state index contributed by atoms with van der Waals surface area (Å²) in [5, 5.41) is 10.2. The summed E-state index contributed by atoms with van der Waals surface area (Å²) in [5.74, 6) is -0.0942. The van der Waals surface area contributed by atoms with Crippen LogP contribution in [0.2, 0.25) is 0 Å². The van der Waals surface area contributed by atoms with Crippen LogP contribution in [0.15, 0.2) is 12.3 Å². The van der Waals surface area contributed by atoms with Gasteiger partial charge in [0.1, 0.15) is 12.2 Å². The molecule has 2 saturated heterocycles. The van der Waals surface area contributed by atoms with Gasteiger partial charge in [-0.15, -0.1) is 0 Å². The highest BCUT2D eigenvalue weighted by Crippen LogP contribution is 2.28. The molecule has 1 aromatic heterocycles. The molecule has 3 aliphatic rings. The molecule has 4 heterocycles. The maximum absolute atomic E-state index is 12.6. The molecule has 2 N–H and O–H groups in total. The first-order valence-electron chi connectivity index (χ1n) is 8.43. The molecule has 8 nitrogen and oxygen atoms in total. The van der Waals surface area contributed by atoms with Crippen LogP contribution in [0.25, 0.3) is 0 Å². The van der Waals surface area contributed by atoms with Crippen LogP contribution in [-0.2, 0) is 32.0 Å². The second kappa shape index (κ2) is 6.18. The zero-order chi connectivity index (χ0) is 16.7. The molecule has 0 aliphatic carbocycles. The Hall–Kier alpha value is -1.93. The van der Waals surface area contributed by atoms with E-state index in [-0.39, 0.29) is 42.0 Å². The fraction of sp³-hybridized carbons (Fsp3) is 0.688. The first-order valence-corrected chi connectivity index (χ1v) is 8.43. The van der Waals surface area contributed by atoms with E-state index in [9.17, 15) is 9.59 Å². The second-order valence-corrected chi connectivity index (χ2v) is 6.75. The van der Waals surface area contributed by atoms with Crippen LogP contribution in [0.1, 0.15) is 19.0 Å². The molecule has 0 bridgehead atoms. The van der Waals surface area contributed by atoms with Crippen LogP contribution in [-0.4, -0.2) is 59.1 Å². The fourth-order valence-corrected chi connectivity index (χ4v) is 3.90. The van der Waals surface area contributed by atoms with Crippen molar-refractivity contribution in [1.29, 1.82) is 0 Å². The summed E-state index contributed by atoms with van der Waals surface area (Å²) in [5.41, 5.74) is 1.10. The van der Waals surface area contributed by atoms with Gasteiger partial charge in [0.15, 0.2) is 0 Å². The van der Waals surface area contributed by atoms with Crippen molar-refractivity contribution in [3.05, 3.63) is 18.0 Å². The molecule has 5 atom stereocenters. The quantitative estimate of drug-likeness (QED) is 0.757. The number of rotatable bonds is 3. The summed E-state index contributed by atoms with van der Waals surface area (Å²) in [6, 6.07) is 1.67. The minimum atomic E-state index is -0.195.